The number of benzene rings is 1. The number of nitrogens with one attached hydrogen (secondary N) is 1. The quantitative estimate of drug-likeness (QED) is 0.706. The Labute approximate surface area is 129 Å². The molecule has 1 aromatic carbocycles. The zero-order valence-electron chi connectivity index (χ0n) is 12.5. The maximum absolute atomic E-state index is 13.7. The first-order chi connectivity index (χ1) is 9.35. The molecule has 2 aliphatic rings. The molecular weight excluding hydrogens is 317 g/mol. The summed E-state index contributed by atoms with van der Waals surface area (Å²) in [7, 11) is 0. The average Bonchev–Trinajstić information content (AvgIpc) is 2.69. The third-order valence-electron chi connectivity index (χ3n) is 4.97. The fourth-order valence-electron chi connectivity index (χ4n) is 4.54. The van der Waals surface area contributed by atoms with E-state index < -0.39 is 0 Å². The zero-order valence-corrected chi connectivity index (χ0v) is 14.1. The minimum Gasteiger partial charge on any atom is -0.383 e. The van der Waals surface area contributed by atoms with Gasteiger partial charge in [0.2, 0.25) is 0 Å². The van der Waals surface area contributed by atoms with Gasteiger partial charge in [-0.3, -0.25) is 0 Å². The second-order valence-corrected chi connectivity index (χ2v) is 8.37. The van der Waals surface area contributed by atoms with E-state index in [-0.39, 0.29) is 5.82 Å². The van der Waals surface area contributed by atoms with E-state index in [0.717, 1.165) is 22.6 Å². The topological polar surface area (TPSA) is 12.0 Å². The zero-order chi connectivity index (χ0) is 14.5. The summed E-state index contributed by atoms with van der Waals surface area (Å²) in [6, 6.07) is 3.29. The van der Waals surface area contributed by atoms with Crippen molar-refractivity contribution >= 4 is 21.6 Å². The third-order valence-corrected chi connectivity index (χ3v) is 5.60. The Morgan fingerprint density at radius 2 is 2.05 bits per heavy atom. The molecule has 3 atom stereocenters. The lowest BCUT2D eigenvalue weighted by atomic mass is 9.64. The maximum atomic E-state index is 13.7. The second kappa shape index (κ2) is 5.01. The first-order valence-electron chi connectivity index (χ1n) is 7.58. The van der Waals surface area contributed by atoms with Crippen LogP contribution in [0.15, 0.2) is 16.6 Å². The summed E-state index contributed by atoms with van der Waals surface area (Å²) < 4.78 is 14.6. The Hall–Kier alpha value is -0.570. The van der Waals surface area contributed by atoms with Crippen molar-refractivity contribution in [1.82, 2.24) is 0 Å². The fraction of sp³-hybridized carbons (Fsp3) is 0.647. The van der Waals surface area contributed by atoms with Crippen LogP contribution < -0.4 is 5.32 Å². The van der Waals surface area contributed by atoms with Crippen molar-refractivity contribution in [2.24, 2.45) is 17.3 Å². The van der Waals surface area contributed by atoms with Gasteiger partial charge in [-0.15, -0.1) is 0 Å². The lowest BCUT2D eigenvalue weighted by molar-refractivity contribution is 0.119. The van der Waals surface area contributed by atoms with Gasteiger partial charge in [-0.1, -0.05) is 20.8 Å². The molecule has 20 heavy (non-hydrogen) atoms. The molecule has 0 radical (unpaired) electrons. The Bertz CT molecular complexity index is 526. The molecule has 3 unspecified atom stereocenters. The number of hydrogen-bond donors (Lipinski definition) is 1. The number of rotatable bonds is 1. The highest BCUT2D eigenvalue weighted by Gasteiger charge is 2.39. The predicted molar refractivity (Wildman–Crippen MR) is 85.6 cm³/mol. The second-order valence-electron chi connectivity index (χ2n) is 7.51. The lowest BCUT2D eigenvalue weighted by Gasteiger charge is -2.41. The van der Waals surface area contributed by atoms with E-state index in [1.54, 1.807) is 12.1 Å². The summed E-state index contributed by atoms with van der Waals surface area (Å²) in [5.41, 5.74) is 2.69. The van der Waals surface area contributed by atoms with E-state index >= 15 is 0 Å². The number of anilines is 1. The van der Waals surface area contributed by atoms with E-state index in [0.29, 0.717) is 17.3 Å². The summed E-state index contributed by atoms with van der Waals surface area (Å²) >= 11 is 3.48. The normalized spacial score (nSPS) is 31.8. The van der Waals surface area contributed by atoms with Crippen molar-refractivity contribution in [1.29, 1.82) is 0 Å². The molecule has 1 aromatic rings. The van der Waals surface area contributed by atoms with E-state index in [1.165, 1.54) is 24.8 Å². The van der Waals surface area contributed by atoms with Gasteiger partial charge in [0, 0.05) is 16.9 Å². The van der Waals surface area contributed by atoms with Crippen molar-refractivity contribution in [3.05, 3.63) is 28.0 Å². The van der Waals surface area contributed by atoms with Gasteiger partial charge in [-0.25, -0.2) is 4.39 Å². The molecule has 3 heteroatoms. The molecule has 1 aliphatic heterocycles. The molecule has 110 valence electrons. The van der Waals surface area contributed by atoms with Crippen LogP contribution in [0, 0.1) is 23.1 Å². The molecule has 1 aliphatic carbocycles. The van der Waals surface area contributed by atoms with Crippen LogP contribution in [0.1, 0.15) is 51.5 Å². The van der Waals surface area contributed by atoms with Gasteiger partial charge in [-0.2, -0.15) is 0 Å². The standard InChI is InChI=1S/C17H23BrFN/c1-10-4-11(8-17(2,3)7-10)14-9-20-16-13(14)5-12(19)6-15(16)18/h5-6,10-11,14,20H,4,7-9H2,1-3H3. The van der Waals surface area contributed by atoms with Crippen molar-refractivity contribution in [2.45, 2.75) is 46.0 Å². The summed E-state index contributed by atoms with van der Waals surface area (Å²) in [5.74, 6) is 1.76. The minimum absolute atomic E-state index is 0.132. The molecule has 0 spiro atoms. The van der Waals surface area contributed by atoms with E-state index in [1.807, 2.05) is 0 Å². The van der Waals surface area contributed by atoms with Gasteiger partial charge in [0.1, 0.15) is 5.82 Å². The van der Waals surface area contributed by atoms with E-state index in [4.69, 9.17) is 0 Å². The predicted octanol–water partition coefficient (Wildman–Crippen LogP) is 5.56. The molecule has 1 fully saturated rings. The number of fused-ring (bicyclic) bond motifs is 1. The van der Waals surface area contributed by atoms with E-state index in [2.05, 4.69) is 42.0 Å². The van der Waals surface area contributed by atoms with Crippen LogP contribution in [0.25, 0.3) is 0 Å². The minimum atomic E-state index is -0.132. The lowest BCUT2D eigenvalue weighted by Crippen LogP contribution is -2.31. The average molecular weight is 340 g/mol. The van der Waals surface area contributed by atoms with Crippen LogP contribution in [-0.2, 0) is 0 Å². The van der Waals surface area contributed by atoms with Crippen LogP contribution in [0.3, 0.4) is 0 Å². The molecular formula is C17H23BrFN. The van der Waals surface area contributed by atoms with Gasteiger partial charge in [-0.05, 0) is 70.1 Å². The molecule has 0 amide bonds. The SMILES string of the molecule is CC1CC(C2CNc3c(Br)cc(F)cc32)CC(C)(C)C1. The Morgan fingerprint density at radius 3 is 2.75 bits per heavy atom. The monoisotopic (exact) mass is 339 g/mol. The maximum Gasteiger partial charge on any atom is 0.124 e. The Morgan fingerprint density at radius 1 is 1.30 bits per heavy atom. The van der Waals surface area contributed by atoms with Gasteiger partial charge in [0.05, 0.1) is 5.69 Å². The van der Waals surface area contributed by atoms with Crippen molar-refractivity contribution in [3.8, 4) is 0 Å². The largest absolute Gasteiger partial charge is 0.383 e. The molecule has 1 N–H and O–H groups in total. The molecule has 0 aromatic heterocycles. The van der Waals surface area contributed by atoms with Crippen molar-refractivity contribution < 1.29 is 4.39 Å². The van der Waals surface area contributed by atoms with Crippen LogP contribution >= 0.6 is 15.9 Å². The highest BCUT2D eigenvalue weighted by Crippen LogP contribution is 2.50. The Balaban J connectivity index is 1.91. The molecule has 3 rings (SSSR count). The molecule has 0 bridgehead atoms. The van der Waals surface area contributed by atoms with Crippen molar-refractivity contribution in [3.63, 3.8) is 0 Å². The van der Waals surface area contributed by atoms with Gasteiger partial charge < -0.3 is 5.32 Å². The van der Waals surface area contributed by atoms with E-state index in [9.17, 15) is 4.39 Å². The summed E-state index contributed by atoms with van der Waals surface area (Å²) in [6.07, 6.45) is 3.82. The summed E-state index contributed by atoms with van der Waals surface area (Å²) in [6.45, 7) is 8.06. The Kier molecular flexibility index (Phi) is 3.60. The summed E-state index contributed by atoms with van der Waals surface area (Å²) in [4.78, 5) is 0. The number of halogens is 2. The first kappa shape index (κ1) is 14.4. The first-order valence-corrected chi connectivity index (χ1v) is 8.38. The molecule has 1 heterocycles. The van der Waals surface area contributed by atoms with Gasteiger partial charge in [0.25, 0.3) is 0 Å². The highest BCUT2D eigenvalue weighted by molar-refractivity contribution is 9.10. The smallest absolute Gasteiger partial charge is 0.124 e. The number of hydrogen-bond acceptors (Lipinski definition) is 1. The van der Waals surface area contributed by atoms with Crippen LogP contribution in [0.4, 0.5) is 10.1 Å². The van der Waals surface area contributed by atoms with Gasteiger partial charge >= 0.3 is 0 Å². The summed E-state index contributed by atoms with van der Waals surface area (Å²) in [5, 5.41) is 3.47. The van der Waals surface area contributed by atoms with Gasteiger partial charge in [0.15, 0.2) is 0 Å². The van der Waals surface area contributed by atoms with Crippen LogP contribution in [0.5, 0.6) is 0 Å². The van der Waals surface area contributed by atoms with Crippen LogP contribution in [0.2, 0.25) is 0 Å². The fourth-order valence-corrected chi connectivity index (χ4v) is 5.13. The molecule has 1 nitrogen and oxygen atoms in total. The molecule has 1 saturated carbocycles. The van der Waals surface area contributed by atoms with Crippen LogP contribution in [-0.4, -0.2) is 6.54 Å². The van der Waals surface area contributed by atoms with Crippen molar-refractivity contribution in [2.75, 3.05) is 11.9 Å². The third kappa shape index (κ3) is 2.61. The molecule has 0 saturated heterocycles. The highest BCUT2D eigenvalue weighted by atomic mass is 79.9.